The highest BCUT2D eigenvalue weighted by molar-refractivity contribution is 5.67. The molecule has 0 saturated heterocycles. The third kappa shape index (κ3) is 70.2. The van der Waals surface area contributed by atoms with E-state index in [9.17, 15) is 14.4 Å². The van der Waals surface area contributed by atoms with Crippen LogP contribution in [0.15, 0.2) is 36.5 Å². The van der Waals surface area contributed by atoms with Crippen LogP contribution in [0.25, 0.3) is 0 Å². The highest BCUT2D eigenvalue weighted by Gasteiger charge is 1.99. The molecular weight excluding hydrogens is 745 g/mol. The summed E-state index contributed by atoms with van der Waals surface area (Å²) in [6.45, 7) is 6.76. The topological polar surface area (TPSA) is 112 Å². The molecule has 0 aliphatic carbocycles. The number of hydrogen-bond donors (Lipinski definition) is 3. The minimum absolute atomic E-state index is 0.324. The third-order valence-electron chi connectivity index (χ3n) is 11.0. The van der Waals surface area contributed by atoms with E-state index >= 15 is 0 Å². The van der Waals surface area contributed by atoms with Crippen molar-refractivity contribution in [3.63, 3.8) is 0 Å². The van der Waals surface area contributed by atoms with E-state index in [-0.39, 0.29) is 0 Å². The van der Waals surface area contributed by atoms with E-state index in [0.717, 1.165) is 51.4 Å². The zero-order valence-electron chi connectivity index (χ0n) is 40.2. The fourth-order valence-corrected chi connectivity index (χ4v) is 7.08. The van der Waals surface area contributed by atoms with E-state index in [1.807, 2.05) is 0 Å². The number of allylic oxidation sites excluding steroid dienone is 6. The molecule has 0 fully saturated rings. The third-order valence-corrected chi connectivity index (χ3v) is 11.0. The molecule has 0 saturated carbocycles. The summed E-state index contributed by atoms with van der Waals surface area (Å²) in [5, 5.41) is 25.5. The van der Waals surface area contributed by atoms with Crippen molar-refractivity contribution in [3.8, 4) is 0 Å². The summed E-state index contributed by atoms with van der Waals surface area (Å²) >= 11 is 0. The summed E-state index contributed by atoms with van der Waals surface area (Å²) in [5.74, 6) is -1.99. The fourth-order valence-electron chi connectivity index (χ4n) is 7.08. The van der Waals surface area contributed by atoms with E-state index in [1.54, 1.807) is 0 Å². The lowest BCUT2D eigenvalue weighted by Crippen LogP contribution is -1.93. The Morgan fingerprint density at radius 1 is 0.267 bits per heavy atom. The normalized spacial score (nSPS) is 11.2. The predicted octanol–water partition coefficient (Wildman–Crippen LogP) is 18.3. The number of hydrogen-bond acceptors (Lipinski definition) is 3. The molecule has 0 aromatic rings. The van der Waals surface area contributed by atoms with Gasteiger partial charge in [0.15, 0.2) is 0 Å². The molecule has 6 heteroatoms. The van der Waals surface area contributed by atoms with Gasteiger partial charge in [-0.05, 0) is 77.0 Å². The maximum absolute atomic E-state index is 10.3. The van der Waals surface area contributed by atoms with Crippen LogP contribution >= 0.6 is 0 Å². The Morgan fingerprint density at radius 3 is 0.700 bits per heavy atom. The van der Waals surface area contributed by atoms with Gasteiger partial charge in [-0.15, -0.1) is 0 Å². The first-order valence-corrected chi connectivity index (χ1v) is 25.9. The Balaban J connectivity index is -0.000000812. The molecule has 0 heterocycles. The van der Waals surface area contributed by atoms with Crippen LogP contribution in [0.5, 0.6) is 0 Å². The minimum atomic E-state index is -0.671. The van der Waals surface area contributed by atoms with Crippen LogP contribution in [-0.2, 0) is 14.4 Å². The zero-order valence-corrected chi connectivity index (χ0v) is 40.2. The highest BCUT2D eigenvalue weighted by Crippen LogP contribution is 2.14. The van der Waals surface area contributed by atoms with E-state index in [4.69, 9.17) is 15.3 Å². The van der Waals surface area contributed by atoms with Gasteiger partial charge in [-0.3, -0.25) is 14.4 Å². The smallest absolute Gasteiger partial charge is 0.303 e. The van der Waals surface area contributed by atoms with E-state index < -0.39 is 17.9 Å². The van der Waals surface area contributed by atoms with Gasteiger partial charge in [0.25, 0.3) is 0 Å². The molecular formula is C54H102O6. The van der Waals surface area contributed by atoms with E-state index in [1.165, 1.54) is 199 Å². The molecule has 0 bridgehead atoms. The summed E-state index contributed by atoms with van der Waals surface area (Å²) in [7, 11) is 0. The number of aliphatic carboxylic acids is 3. The van der Waals surface area contributed by atoms with Gasteiger partial charge in [-0.1, -0.05) is 231 Å². The minimum Gasteiger partial charge on any atom is -0.481 e. The number of carboxylic acids is 3. The van der Waals surface area contributed by atoms with Gasteiger partial charge >= 0.3 is 17.9 Å². The maximum Gasteiger partial charge on any atom is 0.303 e. The lowest BCUT2D eigenvalue weighted by molar-refractivity contribution is -0.138. The zero-order chi connectivity index (χ0) is 44.7. The van der Waals surface area contributed by atoms with Crippen molar-refractivity contribution in [1.29, 1.82) is 0 Å². The second-order valence-corrected chi connectivity index (χ2v) is 17.2. The van der Waals surface area contributed by atoms with Gasteiger partial charge in [-0.25, -0.2) is 0 Å². The van der Waals surface area contributed by atoms with Crippen molar-refractivity contribution in [2.24, 2.45) is 0 Å². The summed E-state index contributed by atoms with van der Waals surface area (Å²) in [6.07, 6.45) is 63.7. The number of rotatable bonds is 45. The molecule has 0 unspecified atom stereocenters. The quantitative estimate of drug-likeness (QED) is 0.0416. The monoisotopic (exact) mass is 847 g/mol. The van der Waals surface area contributed by atoms with Crippen molar-refractivity contribution < 1.29 is 29.7 Å². The van der Waals surface area contributed by atoms with E-state index in [0.29, 0.717) is 19.3 Å². The number of carboxylic acid groups (broad SMARTS) is 3. The Kier molecular flexibility index (Phi) is 60.6. The van der Waals surface area contributed by atoms with Crippen molar-refractivity contribution in [2.75, 3.05) is 0 Å². The summed E-state index contributed by atoms with van der Waals surface area (Å²) in [5.41, 5.74) is 0. The molecule has 0 aliphatic rings. The first-order valence-electron chi connectivity index (χ1n) is 25.9. The van der Waals surface area contributed by atoms with Crippen LogP contribution in [-0.4, -0.2) is 33.2 Å². The maximum atomic E-state index is 10.3. The van der Waals surface area contributed by atoms with Crippen molar-refractivity contribution in [1.82, 2.24) is 0 Å². The molecule has 6 nitrogen and oxygen atoms in total. The van der Waals surface area contributed by atoms with Crippen LogP contribution in [0.3, 0.4) is 0 Å². The molecule has 354 valence electrons. The Morgan fingerprint density at radius 2 is 0.450 bits per heavy atom. The van der Waals surface area contributed by atoms with Gasteiger partial charge in [-0.2, -0.15) is 0 Å². The average Bonchev–Trinajstić information content (AvgIpc) is 3.22. The molecule has 0 rings (SSSR count). The summed E-state index contributed by atoms with van der Waals surface area (Å²) in [4.78, 5) is 31.0. The van der Waals surface area contributed by atoms with Gasteiger partial charge in [0.05, 0.1) is 0 Å². The summed E-state index contributed by atoms with van der Waals surface area (Å²) < 4.78 is 0. The van der Waals surface area contributed by atoms with Gasteiger partial charge in [0, 0.05) is 19.3 Å². The Hall–Kier alpha value is -2.37. The Labute approximate surface area is 373 Å². The van der Waals surface area contributed by atoms with Crippen LogP contribution in [0, 0.1) is 0 Å². The predicted molar refractivity (Wildman–Crippen MR) is 261 cm³/mol. The molecule has 0 aromatic heterocycles. The number of unbranched alkanes of at least 4 members (excludes halogenated alkanes) is 33. The van der Waals surface area contributed by atoms with Crippen LogP contribution in [0.2, 0.25) is 0 Å². The van der Waals surface area contributed by atoms with E-state index in [2.05, 4.69) is 57.2 Å². The highest BCUT2D eigenvalue weighted by atomic mass is 16.4. The second-order valence-electron chi connectivity index (χ2n) is 17.2. The molecule has 0 aliphatic heterocycles. The molecule has 0 aromatic carbocycles. The molecule has 0 amide bonds. The van der Waals surface area contributed by atoms with Gasteiger partial charge in [0.1, 0.15) is 0 Å². The lowest BCUT2D eigenvalue weighted by atomic mass is 10.0. The van der Waals surface area contributed by atoms with Crippen molar-refractivity contribution >= 4 is 17.9 Å². The summed E-state index contributed by atoms with van der Waals surface area (Å²) in [6, 6.07) is 0. The molecule has 3 N–H and O–H groups in total. The first kappa shape index (κ1) is 61.9. The molecule has 0 atom stereocenters. The Bertz CT molecular complexity index is 938. The molecule has 0 spiro atoms. The molecule has 60 heavy (non-hydrogen) atoms. The van der Waals surface area contributed by atoms with Crippen LogP contribution < -0.4 is 0 Å². The SMILES string of the molecule is CCCCCC=CCC=CCCCCCCCC(=O)O.CCCCCCCCC=CCCCCCCCC(=O)O.CCCCCCCCCCCCCCCCCC(=O)O. The lowest BCUT2D eigenvalue weighted by Gasteiger charge is -2.03. The first-order chi connectivity index (χ1) is 29.3. The second kappa shape index (κ2) is 58.7. The largest absolute Gasteiger partial charge is 0.481 e. The van der Waals surface area contributed by atoms with Gasteiger partial charge in [0.2, 0.25) is 0 Å². The molecule has 0 radical (unpaired) electrons. The van der Waals surface area contributed by atoms with Crippen LogP contribution in [0.1, 0.15) is 290 Å². The standard InChI is InChI=1S/C18H36O2.C18H34O2.C18H32O2/c3*1-2-3-4-5-6-7-8-9-10-11-12-13-14-15-16-17-18(19)20/h2-17H2,1H3,(H,19,20);9-10H,2-8,11-17H2,1H3,(H,19,20);6-7,9-10H,2-5,8,11-17H2,1H3,(H,19,20). The fraction of sp³-hybridized carbons (Fsp3) is 0.833. The number of carbonyl (C=O) groups is 3. The van der Waals surface area contributed by atoms with Crippen molar-refractivity contribution in [3.05, 3.63) is 36.5 Å². The van der Waals surface area contributed by atoms with Crippen molar-refractivity contribution in [2.45, 2.75) is 290 Å². The average molecular weight is 847 g/mol. The van der Waals surface area contributed by atoms with Gasteiger partial charge < -0.3 is 15.3 Å². The van der Waals surface area contributed by atoms with Crippen LogP contribution in [0.4, 0.5) is 0 Å².